The lowest BCUT2D eigenvalue weighted by molar-refractivity contribution is 0.202. The molecule has 6 heteroatoms. The SMILES string of the molecule is NC1=CCC(c2coc3ccnc(N)c23)C=C1OCc1ccc(F)cc1. The smallest absolute Gasteiger partial charge is 0.139 e. The number of ether oxygens (including phenoxy) is 1. The molecule has 132 valence electrons. The number of pyridine rings is 1. The molecule has 5 nitrogen and oxygen atoms in total. The Morgan fingerprint density at radius 3 is 2.81 bits per heavy atom. The van der Waals surface area contributed by atoms with Crippen LogP contribution in [0.25, 0.3) is 11.0 Å². The number of halogens is 1. The van der Waals surface area contributed by atoms with E-state index in [1.807, 2.05) is 12.2 Å². The largest absolute Gasteiger partial charge is 0.487 e. The summed E-state index contributed by atoms with van der Waals surface area (Å²) in [5.74, 6) is 0.791. The molecule has 0 fully saturated rings. The quantitative estimate of drug-likeness (QED) is 0.742. The van der Waals surface area contributed by atoms with Gasteiger partial charge in [0.15, 0.2) is 0 Å². The number of allylic oxidation sites excluding steroid dienone is 2. The van der Waals surface area contributed by atoms with Gasteiger partial charge in [0.1, 0.15) is 29.6 Å². The van der Waals surface area contributed by atoms with Crippen LogP contribution in [0.1, 0.15) is 23.5 Å². The minimum Gasteiger partial charge on any atom is -0.487 e. The van der Waals surface area contributed by atoms with Crippen LogP contribution in [0.2, 0.25) is 0 Å². The Morgan fingerprint density at radius 2 is 2.00 bits per heavy atom. The lowest BCUT2D eigenvalue weighted by atomic mass is 9.91. The summed E-state index contributed by atoms with van der Waals surface area (Å²) in [6.45, 7) is 0.309. The molecule has 4 rings (SSSR count). The fourth-order valence-electron chi connectivity index (χ4n) is 3.10. The summed E-state index contributed by atoms with van der Waals surface area (Å²) in [5, 5.41) is 0.820. The monoisotopic (exact) mass is 351 g/mol. The molecule has 0 saturated carbocycles. The lowest BCUT2D eigenvalue weighted by Crippen LogP contribution is -2.12. The van der Waals surface area contributed by atoms with E-state index in [1.165, 1.54) is 12.1 Å². The molecule has 0 aliphatic heterocycles. The Morgan fingerprint density at radius 1 is 1.19 bits per heavy atom. The van der Waals surface area contributed by atoms with Gasteiger partial charge in [0.25, 0.3) is 0 Å². The number of fused-ring (bicyclic) bond motifs is 1. The van der Waals surface area contributed by atoms with Crippen molar-refractivity contribution in [2.75, 3.05) is 5.73 Å². The van der Waals surface area contributed by atoms with Crippen LogP contribution in [-0.2, 0) is 11.3 Å². The average molecular weight is 351 g/mol. The second kappa shape index (κ2) is 6.55. The molecule has 1 atom stereocenters. The second-order valence-corrected chi connectivity index (χ2v) is 6.21. The van der Waals surface area contributed by atoms with Gasteiger partial charge in [0.2, 0.25) is 0 Å². The van der Waals surface area contributed by atoms with Crippen LogP contribution in [-0.4, -0.2) is 4.98 Å². The van der Waals surface area contributed by atoms with Gasteiger partial charge in [-0.2, -0.15) is 0 Å². The minimum atomic E-state index is -0.275. The second-order valence-electron chi connectivity index (χ2n) is 6.21. The summed E-state index contributed by atoms with van der Waals surface area (Å²) >= 11 is 0. The number of rotatable bonds is 4. The maximum atomic E-state index is 13.0. The Labute approximate surface area is 149 Å². The predicted molar refractivity (Wildman–Crippen MR) is 97.3 cm³/mol. The molecular formula is C20H18FN3O2. The first-order valence-electron chi connectivity index (χ1n) is 8.28. The number of benzene rings is 1. The average Bonchev–Trinajstić information content (AvgIpc) is 3.08. The summed E-state index contributed by atoms with van der Waals surface area (Å²) in [4.78, 5) is 4.15. The highest BCUT2D eigenvalue weighted by molar-refractivity contribution is 5.90. The van der Waals surface area contributed by atoms with Crippen molar-refractivity contribution < 1.29 is 13.5 Å². The number of hydrogen-bond donors (Lipinski definition) is 2. The van der Waals surface area contributed by atoms with Crippen molar-refractivity contribution in [2.24, 2.45) is 5.73 Å². The van der Waals surface area contributed by atoms with E-state index in [0.717, 1.165) is 22.9 Å². The summed E-state index contributed by atoms with van der Waals surface area (Å²) in [6, 6.07) is 7.97. The van der Waals surface area contributed by atoms with Crippen molar-refractivity contribution >= 4 is 16.8 Å². The fraction of sp³-hybridized carbons (Fsp3) is 0.150. The summed E-state index contributed by atoms with van der Waals surface area (Å²) < 4.78 is 24.5. The molecule has 1 aliphatic carbocycles. The Kier molecular flexibility index (Phi) is 4.08. The first-order valence-corrected chi connectivity index (χ1v) is 8.28. The van der Waals surface area contributed by atoms with Gasteiger partial charge >= 0.3 is 0 Å². The number of furan rings is 1. The van der Waals surface area contributed by atoms with Gasteiger partial charge in [-0.1, -0.05) is 18.2 Å². The molecule has 2 aromatic heterocycles. The van der Waals surface area contributed by atoms with Crippen molar-refractivity contribution in [3.8, 4) is 0 Å². The number of aromatic nitrogens is 1. The van der Waals surface area contributed by atoms with E-state index < -0.39 is 0 Å². The van der Waals surface area contributed by atoms with Crippen LogP contribution in [0.5, 0.6) is 0 Å². The Bertz CT molecular complexity index is 1010. The molecule has 3 aromatic rings. The van der Waals surface area contributed by atoms with Crippen molar-refractivity contribution in [3.05, 3.63) is 83.3 Å². The summed E-state index contributed by atoms with van der Waals surface area (Å²) in [6.07, 6.45) is 7.94. The van der Waals surface area contributed by atoms with Crippen molar-refractivity contribution in [1.29, 1.82) is 0 Å². The van der Waals surface area contributed by atoms with Crippen LogP contribution >= 0.6 is 0 Å². The van der Waals surface area contributed by atoms with Crippen LogP contribution in [0.4, 0.5) is 10.2 Å². The number of nitrogens with zero attached hydrogens (tertiary/aromatic N) is 1. The topological polar surface area (TPSA) is 87.3 Å². The van der Waals surface area contributed by atoms with E-state index in [4.69, 9.17) is 20.6 Å². The molecular weight excluding hydrogens is 333 g/mol. The highest BCUT2D eigenvalue weighted by Crippen LogP contribution is 2.36. The van der Waals surface area contributed by atoms with E-state index in [0.29, 0.717) is 29.5 Å². The van der Waals surface area contributed by atoms with Crippen molar-refractivity contribution in [3.63, 3.8) is 0 Å². The zero-order valence-corrected chi connectivity index (χ0v) is 14.0. The first kappa shape index (κ1) is 16.2. The van der Waals surface area contributed by atoms with Crippen LogP contribution in [0.15, 0.2) is 70.8 Å². The standard InChI is InChI=1S/C20H18FN3O2/c21-14-4-1-12(2-5-14)10-25-18-9-13(3-6-16(18)22)15-11-26-17-7-8-24-20(23)19(15)17/h1-2,4-9,11,13H,3,10,22H2,(H2,23,24). The number of anilines is 1. The number of nitrogen functional groups attached to an aromatic ring is 1. The normalized spacial score (nSPS) is 17.0. The van der Waals surface area contributed by atoms with E-state index in [1.54, 1.807) is 30.7 Å². The van der Waals surface area contributed by atoms with Gasteiger partial charge in [-0.15, -0.1) is 0 Å². The van der Waals surface area contributed by atoms with E-state index in [-0.39, 0.29) is 11.7 Å². The third-order valence-corrected chi connectivity index (χ3v) is 4.48. The molecule has 1 unspecified atom stereocenters. The van der Waals surface area contributed by atoms with Crippen molar-refractivity contribution in [1.82, 2.24) is 4.98 Å². The molecule has 0 bridgehead atoms. The Hall–Kier alpha value is -3.28. The molecule has 0 saturated heterocycles. The molecule has 0 spiro atoms. The van der Waals surface area contributed by atoms with Gasteiger partial charge in [-0.25, -0.2) is 9.37 Å². The van der Waals surface area contributed by atoms with Gasteiger partial charge in [-0.3, -0.25) is 0 Å². The maximum Gasteiger partial charge on any atom is 0.139 e. The molecule has 0 amide bonds. The minimum absolute atomic E-state index is 0.0262. The van der Waals surface area contributed by atoms with E-state index >= 15 is 0 Å². The molecule has 1 aliphatic rings. The molecule has 4 N–H and O–H groups in total. The molecule has 2 heterocycles. The first-order chi connectivity index (χ1) is 12.6. The third kappa shape index (κ3) is 3.01. The van der Waals surface area contributed by atoms with Gasteiger partial charge in [0.05, 0.1) is 17.3 Å². The lowest BCUT2D eigenvalue weighted by Gasteiger charge is -2.20. The Balaban J connectivity index is 1.59. The van der Waals surface area contributed by atoms with Gasteiger partial charge < -0.3 is 20.6 Å². The maximum absolute atomic E-state index is 13.0. The molecule has 0 radical (unpaired) electrons. The highest BCUT2D eigenvalue weighted by Gasteiger charge is 2.22. The van der Waals surface area contributed by atoms with Gasteiger partial charge in [0, 0.05) is 17.7 Å². The highest BCUT2D eigenvalue weighted by atomic mass is 19.1. The van der Waals surface area contributed by atoms with Crippen LogP contribution < -0.4 is 11.5 Å². The van der Waals surface area contributed by atoms with E-state index in [2.05, 4.69) is 4.98 Å². The van der Waals surface area contributed by atoms with Gasteiger partial charge in [-0.05, 0) is 36.3 Å². The summed E-state index contributed by atoms with van der Waals surface area (Å²) in [7, 11) is 0. The zero-order chi connectivity index (χ0) is 18.1. The summed E-state index contributed by atoms with van der Waals surface area (Å²) in [5.41, 5.74) is 15.2. The fourth-order valence-corrected chi connectivity index (χ4v) is 3.10. The number of hydrogen-bond acceptors (Lipinski definition) is 5. The zero-order valence-electron chi connectivity index (χ0n) is 14.0. The van der Waals surface area contributed by atoms with Crippen molar-refractivity contribution in [2.45, 2.75) is 18.9 Å². The predicted octanol–water partition coefficient (Wildman–Crippen LogP) is 3.98. The van der Waals surface area contributed by atoms with Crippen LogP contribution in [0.3, 0.4) is 0 Å². The van der Waals surface area contributed by atoms with E-state index in [9.17, 15) is 4.39 Å². The number of nitrogens with two attached hydrogens (primary N) is 2. The molecule has 26 heavy (non-hydrogen) atoms. The van der Waals surface area contributed by atoms with Crippen LogP contribution in [0, 0.1) is 5.82 Å². The third-order valence-electron chi connectivity index (χ3n) is 4.48. The molecule has 1 aromatic carbocycles.